The Morgan fingerprint density at radius 3 is 2.23 bits per heavy atom. The van der Waals surface area contributed by atoms with Crippen LogP contribution < -0.4 is 4.46 Å². The topological polar surface area (TPSA) is 71.4 Å². The zero-order valence-corrected chi connectivity index (χ0v) is 19.7. The first-order chi connectivity index (χ1) is 14.7. The number of aliphatic carboxylic acids is 1. The Hall–Kier alpha value is -2.23. The summed E-state index contributed by atoms with van der Waals surface area (Å²) in [7, 11) is 0. The number of carboxylic acids is 1. The molecule has 0 unspecified atom stereocenters. The van der Waals surface area contributed by atoms with E-state index in [2.05, 4.69) is 26.0 Å². The zero-order valence-electron chi connectivity index (χ0n) is 18.0. The van der Waals surface area contributed by atoms with E-state index >= 15 is 0 Å². The van der Waals surface area contributed by atoms with Gasteiger partial charge in [0.05, 0.1) is 0 Å². The molecule has 0 heterocycles. The van der Waals surface area contributed by atoms with Crippen LogP contribution in [0.1, 0.15) is 56.3 Å². The molecule has 2 saturated carbocycles. The molecule has 0 amide bonds. The molecule has 2 bridgehead atoms. The molecular weight excluding hydrogens is 455 g/mol. The number of hydrogen-bond acceptors (Lipinski definition) is 3. The molecule has 3 atom stereocenters. The molecule has 0 radical (unpaired) electrons. The van der Waals surface area contributed by atoms with Gasteiger partial charge in [-0.25, -0.2) is 0 Å². The Bertz CT molecular complexity index is 1000. The Labute approximate surface area is 189 Å². The maximum atomic E-state index is 14.1. The van der Waals surface area contributed by atoms with Crippen LogP contribution >= 0.6 is 0 Å². The minimum atomic E-state index is -1.18. The van der Waals surface area contributed by atoms with E-state index in [0.29, 0.717) is 31.2 Å². The summed E-state index contributed by atoms with van der Waals surface area (Å²) in [4.78, 5) is 40.1. The average Bonchev–Trinajstić information content (AvgIpc) is 2.75. The van der Waals surface area contributed by atoms with E-state index in [1.54, 1.807) is 12.1 Å². The molecule has 162 valence electrons. The van der Waals surface area contributed by atoms with Crippen LogP contribution in [0.15, 0.2) is 60.7 Å². The number of rotatable bonds is 6. The molecule has 2 aliphatic carbocycles. The first-order valence-corrected chi connectivity index (χ1v) is 12.7. The summed E-state index contributed by atoms with van der Waals surface area (Å²) in [5.74, 6) is -1.22. The third kappa shape index (κ3) is 3.48. The minimum absolute atomic E-state index is 0.0226. The van der Waals surface area contributed by atoms with E-state index in [1.807, 2.05) is 36.4 Å². The van der Waals surface area contributed by atoms with Gasteiger partial charge in [0.25, 0.3) is 0 Å². The van der Waals surface area contributed by atoms with Crippen molar-refractivity contribution in [3.05, 3.63) is 66.2 Å². The number of benzene rings is 2. The monoisotopic (exact) mass is 484 g/mol. The Balaban J connectivity index is 1.86. The summed E-state index contributed by atoms with van der Waals surface area (Å²) in [6.07, 6.45) is 2.11. The van der Waals surface area contributed by atoms with Gasteiger partial charge in [0.2, 0.25) is 0 Å². The number of carbonyl (C=O) groups excluding carboxylic acids is 2. The number of carbonyl (C=O) groups is 3. The summed E-state index contributed by atoms with van der Waals surface area (Å²) in [6, 6.07) is 19.3. The van der Waals surface area contributed by atoms with Crippen LogP contribution in [0.5, 0.6) is 0 Å². The quantitative estimate of drug-likeness (QED) is 0.378. The third-order valence-corrected chi connectivity index (χ3v) is 10.8. The normalized spacial score (nSPS) is 29.4. The van der Waals surface area contributed by atoms with E-state index in [9.17, 15) is 19.5 Å². The number of carboxylic acid groups (broad SMARTS) is 1. The van der Waals surface area contributed by atoms with Gasteiger partial charge >= 0.3 is 190 Å². The second kappa shape index (κ2) is 8.03. The molecule has 31 heavy (non-hydrogen) atoms. The van der Waals surface area contributed by atoms with Crippen LogP contribution in [0, 0.1) is 16.2 Å². The van der Waals surface area contributed by atoms with Crippen molar-refractivity contribution < 1.29 is 19.5 Å². The predicted octanol–water partition coefficient (Wildman–Crippen LogP) is 4.32. The van der Waals surface area contributed by atoms with Crippen molar-refractivity contribution in [2.45, 2.75) is 50.8 Å². The fourth-order valence-electron chi connectivity index (χ4n) is 5.79. The standard InChI is InChI=1S/C26H28O4Se/c1-24(2)20(31-19-12-7-4-8-13-19)16-25(17-21(27)28)14-9-15-26(24,23(25)30)22(29)18-10-5-3-6-11-18/h3-8,10-13,20H,9,14-17H2,1-2H3,(H,27,28)/t20-,25-,26+/m1/s1. The number of Topliss-reactive ketones (excluding diaryl/α,β-unsaturated/α-hetero) is 2. The molecule has 0 aromatic heterocycles. The molecule has 2 aromatic carbocycles. The van der Waals surface area contributed by atoms with Gasteiger partial charge in [0.15, 0.2) is 0 Å². The van der Waals surface area contributed by atoms with Gasteiger partial charge in [-0.05, 0) is 0 Å². The van der Waals surface area contributed by atoms with Crippen LogP contribution in [0.3, 0.4) is 0 Å². The number of ketones is 2. The molecule has 2 aromatic rings. The SMILES string of the molecule is CC1(C)[C@H]([Se]c2ccccc2)C[C@@]2(CC(=O)O)CCC[C@]1(C(=O)c1ccccc1)C2=O. The van der Waals surface area contributed by atoms with Crippen molar-refractivity contribution in [2.24, 2.45) is 16.2 Å². The van der Waals surface area contributed by atoms with E-state index in [4.69, 9.17) is 0 Å². The van der Waals surface area contributed by atoms with Crippen molar-refractivity contribution in [3.63, 3.8) is 0 Å². The van der Waals surface area contributed by atoms with Gasteiger partial charge in [-0.15, -0.1) is 0 Å². The van der Waals surface area contributed by atoms with Gasteiger partial charge in [-0.2, -0.15) is 0 Å². The van der Waals surface area contributed by atoms with Crippen LogP contribution in [-0.2, 0) is 9.59 Å². The molecule has 0 spiro atoms. The molecule has 4 nitrogen and oxygen atoms in total. The van der Waals surface area contributed by atoms with E-state index < -0.39 is 22.2 Å². The van der Waals surface area contributed by atoms with Gasteiger partial charge in [0, 0.05) is 0 Å². The Kier molecular flexibility index (Phi) is 5.70. The van der Waals surface area contributed by atoms with E-state index in [0.717, 1.165) is 0 Å². The summed E-state index contributed by atoms with van der Waals surface area (Å²) < 4.78 is 1.22. The molecule has 2 fully saturated rings. The summed E-state index contributed by atoms with van der Waals surface area (Å²) >= 11 is 0.0226. The molecule has 1 N–H and O–H groups in total. The van der Waals surface area contributed by atoms with Gasteiger partial charge in [-0.1, -0.05) is 0 Å². The number of hydrogen-bond donors (Lipinski definition) is 1. The van der Waals surface area contributed by atoms with Crippen LogP contribution in [0.4, 0.5) is 0 Å². The van der Waals surface area contributed by atoms with Crippen molar-refractivity contribution in [1.29, 1.82) is 0 Å². The predicted molar refractivity (Wildman–Crippen MR) is 121 cm³/mol. The van der Waals surface area contributed by atoms with Crippen molar-refractivity contribution in [1.82, 2.24) is 0 Å². The molecule has 4 rings (SSSR count). The fraction of sp³-hybridized carbons (Fsp3) is 0.423. The fourth-order valence-corrected chi connectivity index (χ4v) is 9.03. The molecule has 0 saturated heterocycles. The maximum absolute atomic E-state index is 14.1. The van der Waals surface area contributed by atoms with Crippen molar-refractivity contribution in [3.8, 4) is 0 Å². The third-order valence-electron chi connectivity index (χ3n) is 7.49. The second-order valence-corrected chi connectivity index (χ2v) is 12.2. The second-order valence-electron chi connectivity index (χ2n) is 9.48. The summed E-state index contributed by atoms with van der Waals surface area (Å²) in [5.41, 5.74) is -2.15. The van der Waals surface area contributed by atoms with Gasteiger partial charge in [-0.3, -0.25) is 0 Å². The van der Waals surface area contributed by atoms with E-state index in [1.165, 1.54) is 4.46 Å². The van der Waals surface area contributed by atoms with E-state index in [-0.39, 0.29) is 37.8 Å². The van der Waals surface area contributed by atoms with Gasteiger partial charge in [0.1, 0.15) is 0 Å². The number of fused-ring (bicyclic) bond motifs is 2. The van der Waals surface area contributed by atoms with Crippen LogP contribution in [0.25, 0.3) is 0 Å². The molecular formula is C26H28O4Se. The van der Waals surface area contributed by atoms with Crippen molar-refractivity contribution in [2.75, 3.05) is 0 Å². The van der Waals surface area contributed by atoms with Gasteiger partial charge < -0.3 is 0 Å². The first kappa shape index (κ1) is 22.0. The Morgan fingerprint density at radius 1 is 1.00 bits per heavy atom. The molecule has 0 aliphatic heterocycles. The summed E-state index contributed by atoms with van der Waals surface area (Å²) in [6.45, 7) is 4.13. The molecule has 2 aliphatic rings. The average molecular weight is 483 g/mol. The Morgan fingerprint density at radius 2 is 1.61 bits per heavy atom. The van der Waals surface area contributed by atoms with Crippen LogP contribution in [-0.4, -0.2) is 37.6 Å². The van der Waals surface area contributed by atoms with Crippen molar-refractivity contribution >= 4 is 37.0 Å². The zero-order chi connectivity index (χ0) is 22.3. The molecule has 5 heteroatoms. The van der Waals surface area contributed by atoms with Crippen LogP contribution in [0.2, 0.25) is 4.82 Å². The first-order valence-electron chi connectivity index (χ1n) is 10.8. The summed E-state index contributed by atoms with van der Waals surface area (Å²) in [5, 5.41) is 9.70.